The number of unbranched alkanes of at least 4 members (excludes halogenated alkanes) is 8. The zero-order chi connectivity index (χ0) is 27.3. The van der Waals surface area contributed by atoms with E-state index in [0.29, 0.717) is 0 Å². The molecule has 4 heteroatoms. The topological polar surface area (TPSA) is 18.5 Å². The fourth-order valence-corrected chi connectivity index (χ4v) is 9.10. The van der Waals surface area contributed by atoms with Crippen molar-refractivity contribution in [1.29, 1.82) is 0 Å². The highest BCUT2D eigenvalue weighted by Crippen LogP contribution is 2.59. The van der Waals surface area contributed by atoms with Gasteiger partial charge in [-0.25, -0.2) is 0 Å². The number of hydrogen-bond donors (Lipinski definition) is 0. The van der Waals surface area contributed by atoms with Gasteiger partial charge < -0.3 is 9.47 Å². The van der Waals surface area contributed by atoms with Crippen molar-refractivity contribution in [2.45, 2.75) is 90.9 Å². The number of aryl methyl sites for hydroxylation is 2. The molecule has 2 aromatic carbocycles. The summed E-state index contributed by atoms with van der Waals surface area (Å²) >= 11 is 4.08. The Morgan fingerprint density at radius 1 is 0.475 bits per heavy atom. The Hall–Kier alpha value is -1.98. The van der Waals surface area contributed by atoms with Gasteiger partial charge in [-0.2, -0.15) is 0 Å². The molecule has 212 valence electrons. The highest BCUT2D eigenvalue weighted by atomic mass is 32.1. The Labute approximate surface area is 248 Å². The summed E-state index contributed by atoms with van der Waals surface area (Å²) < 4.78 is 10.9. The van der Waals surface area contributed by atoms with E-state index in [1.807, 2.05) is 22.7 Å². The molecule has 0 N–H and O–H groups in total. The lowest BCUT2D eigenvalue weighted by molar-refractivity contribution is 0.142. The van der Waals surface area contributed by atoms with Gasteiger partial charge >= 0.3 is 0 Å². The van der Waals surface area contributed by atoms with Crippen LogP contribution in [-0.4, -0.2) is 26.4 Å². The second-order valence-electron chi connectivity index (χ2n) is 11.4. The number of fused-ring (bicyclic) bond motifs is 6. The third-order valence-electron chi connectivity index (χ3n) is 8.63. The van der Waals surface area contributed by atoms with Crippen molar-refractivity contribution < 1.29 is 9.47 Å². The van der Waals surface area contributed by atoms with E-state index in [0.717, 1.165) is 26.4 Å². The van der Waals surface area contributed by atoms with Crippen LogP contribution in [0.2, 0.25) is 0 Å². The molecule has 0 amide bonds. The molecular formula is C36H44O2S2. The molecule has 0 fully saturated rings. The van der Waals surface area contributed by atoms with Gasteiger partial charge in [-0.3, -0.25) is 0 Å². The first kappa shape index (κ1) is 28.2. The molecule has 0 atom stereocenters. The van der Waals surface area contributed by atoms with E-state index >= 15 is 0 Å². The molecule has 4 aromatic rings. The first-order chi connectivity index (χ1) is 19.8. The first-order valence-corrected chi connectivity index (χ1v) is 17.5. The van der Waals surface area contributed by atoms with Gasteiger partial charge in [-0.05, 0) is 86.4 Å². The maximum Gasteiger partial charge on any atom is 0.0465 e. The van der Waals surface area contributed by atoms with E-state index in [1.165, 1.54) is 131 Å². The van der Waals surface area contributed by atoms with Gasteiger partial charge in [0.15, 0.2) is 0 Å². The molecule has 2 heterocycles. The Balaban J connectivity index is 1.08. The van der Waals surface area contributed by atoms with Crippen molar-refractivity contribution in [1.82, 2.24) is 0 Å². The average Bonchev–Trinajstić information content (AvgIpc) is 3.71. The fraction of sp³-hybridized carbons (Fsp3) is 0.500. The molecule has 6 rings (SSSR count). The van der Waals surface area contributed by atoms with Gasteiger partial charge in [0.2, 0.25) is 0 Å². The van der Waals surface area contributed by atoms with Crippen LogP contribution in [0.1, 0.15) is 87.8 Å². The highest BCUT2D eigenvalue weighted by molar-refractivity contribution is 7.17. The molecule has 2 aliphatic rings. The SMILES string of the molecule is CCOCCCCCCCc1cc2c(s1)-c1ccc3c4c(ccc-2c14)-c1sc(CCCCCCCOCC)cc1-3. The number of thiophene rings is 2. The maximum atomic E-state index is 5.47. The Bertz CT molecular complexity index is 1250. The van der Waals surface area contributed by atoms with E-state index in [2.05, 4.69) is 50.2 Å². The summed E-state index contributed by atoms with van der Waals surface area (Å²) in [7, 11) is 0. The Kier molecular flexibility index (Phi) is 9.38. The fourth-order valence-electron chi connectivity index (χ4n) is 6.61. The van der Waals surface area contributed by atoms with E-state index in [1.54, 1.807) is 9.75 Å². The van der Waals surface area contributed by atoms with Crippen LogP contribution in [0.5, 0.6) is 0 Å². The number of rotatable bonds is 18. The molecule has 0 saturated heterocycles. The predicted octanol–water partition coefficient (Wildman–Crippen LogP) is 11.3. The zero-order valence-corrected chi connectivity index (χ0v) is 26.0. The monoisotopic (exact) mass is 572 g/mol. The number of benzene rings is 2. The largest absolute Gasteiger partial charge is 0.382 e. The molecule has 2 nitrogen and oxygen atoms in total. The van der Waals surface area contributed by atoms with E-state index in [4.69, 9.17) is 9.47 Å². The quantitative estimate of drug-likeness (QED) is 0.0954. The van der Waals surface area contributed by atoms with Crippen molar-refractivity contribution >= 4 is 33.4 Å². The van der Waals surface area contributed by atoms with Gasteiger partial charge in [-0.1, -0.05) is 62.8 Å². The number of ether oxygens (including phenoxy) is 2. The Morgan fingerprint density at radius 3 is 1.32 bits per heavy atom. The average molecular weight is 573 g/mol. The van der Waals surface area contributed by atoms with Crippen molar-refractivity contribution in [2.24, 2.45) is 0 Å². The summed E-state index contributed by atoms with van der Waals surface area (Å²) in [4.78, 5) is 6.11. The summed E-state index contributed by atoms with van der Waals surface area (Å²) in [5, 5.41) is 3.02. The van der Waals surface area contributed by atoms with Gasteiger partial charge in [0.1, 0.15) is 0 Å². The minimum absolute atomic E-state index is 0.842. The third-order valence-corrected chi connectivity index (χ3v) is 11.1. The molecule has 0 bridgehead atoms. The standard InChI is InChI=1S/C36H44O2S2/c1-3-37-21-13-9-5-7-11-15-25-23-31-27-17-20-30-34-28(18-19-29(33(27)34)35(31)39-25)32-24-26(40-36(30)32)16-12-8-6-10-14-22-38-4-2/h17-20,23-24H,3-16,21-22H2,1-2H3. The summed E-state index contributed by atoms with van der Waals surface area (Å²) in [6.45, 7) is 7.69. The molecule has 2 aromatic heterocycles. The van der Waals surface area contributed by atoms with E-state index < -0.39 is 0 Å². The summed E-state index contributed by atoms with van der Waals surface area (Å²) in [5.41, 5.74) is 8.82. The second-order valence-corrected chi connectivity index (χ2v) is 13.7. The summed E-state index contributed by atoms with van der Waals surface area (Å²) in [5.74, 6) is 0. The zero-order valence-electron chi connectivity index (χ0n) is 24.4. The summed E-state index contributed by atoms with van der Waals surface area (Å²) in [6, 6.07) is 14.7. The van der Waals surface area contributed by atoms with Crippen molar-refractivity contribution in [3.63, 3.8) is 0 Å². The van der Waals surface area contributed by atoms with Crippen LogP contribution in [0.4, 0.5) is 0 Å². The van der Waals surface area contributed by atoms with Crippen LogP contribution in [0.25, 0.3) is 53.9 Å². The van der Waals surface area contributed by atoms with Crippen LogP contribution in [-0.2, 0) is 22.3 Å². The van der Waals surface area contributed by atoms with Crippen LogP contribution in [0.3, 0.4) is 0 Å². The van der Waals surface area contributed by atoms with Gasteiger partial charge in [0.25, 0.3) is 0 Å². The lowest BCUT2D eigenvalue weighted by atomic mass is 9.97. The van der Waals surface area contributed by atoms with Crippen molar-refractivity contribution in [3.05, 3.63) is 46.2 Å². The molecule has 0 spiro atoms. The smallest absolute Gasteiger partial charge is 0.0465 e. The van der Waals surface area contributed by atoms with Crippen molar-refractivity contribution in [2.75, 3.05) is 26.4 Å². The third kappa shape index (κ3) is 5.70. The van der Waals surface area contributed by atoms with Gasteiger partial charge in [0.05, 0.1) is 0 Å². The predicted molar refractivity (Wildman–Crippen MR) is 175 cm³/mol. The normalized spacial score (nSPS) is 12.6. The van der Waals surface area contributed by atoms with Crippen LogP contribution in [0.15, 0.2) is 36.4 Å². The van der Waals surface area contributed by atoms with Gasteiger partial charge in [-0.15, -0.1) is 22.7 Å². The first-order valence-electron chi connectivity index (χ1n) is 15.8. The molecule has 40 heavy (non-hydrogen) atoms. The molecule has 0 radical (unpaired) electrons. The Morgan fingerprint density at radius 2 is 0.875 bits per heavy atom. The van der Waals surface area contributed by atoms with Crippen molar-refractivity contribution in [3.8, 4) is 43.1 Å². The maximum absolute atomic E-state index is 5.47. The highest BCUT2D eigenvalue weighted by Gasteiger charge is 2.31. The molecule has 2 aliphatic carbocycles. The molecule has 0 saturated carbocycles. The van der Waals surface area contributed by atoms with Gasteiger partial charge in [0, 0.05) is 68.2 Å². The second kappa shape index (κ2) is 13.3. The van der Waals surface area contributed by atoms with E-state index in [-0.39, 0.29) is 0 Å². The summed E-state index contributed by atoms with van der Waals surface area (Å²) in [6.07, 6.45) is 15.3. The molecule has 0 unspecified atom stereocenters. The molecule has 0 aliphatic heterocycles. The van der Waals surface area contributed by atoms with E-state index in [9.17, 15) is 0 Å². The minimum Gasteiger partial charge on any atom is -0.382 e. The molecular weight excluding hydrogens is 529 g/mol. The number of hydrogen-bond acceptors (Lipinski definition) is 4. The van der Waals surface area contributed by atoms with Crippen LogP contribution < -0.4 is 0 Å². The lowest BCUT2D eigenvalue weighted by Gasteiger charge is -2.07. The lowest BCUT2D eigenvalue weighted by Crippen LogP contribution is -1.93. The minimum atomic E-state index is 0.842. The van der Waals surface area contributed by atoms with Crippen LogP contribution in [0, 0.1) is 0 Å². The van der Waals surface area contributed by atoms with Crippen LogP contribution >= 0.6 is 22.7 Å².